The predicted molar refractivity (Wildman–Crippen MR) is 85.4 cm³/mol. The summed E-state index contributed by atoms with van der Waals surface area (Å²) in [5.74, 6) is -0.177. The molecular weight excluding hydrogens is 317 g/mol. The number of rotatable bonds is 5. The Kier molecular flexibility index (Phi) is 5.32. The minimum Gasteiger partial charge on any atom is -0.310 e. The lowest BCUT2D eigenvalue weighted by Gasteiger charge is -2.20. The van der Waals surface area contributed by atoms with Gasteiger partial charge in [0.1, 0.15) is 5.82 Å². The van der Waals surface area contributed by atoms with Crippen molar-refractivity contribution in [3.05, 3.63) is 69.4 Å². The number of hydrogen-bond donors (Lipinski definition) is 1. The molecule has 20 heavy (non-hydrogen) atoms. The molecule has 0 aliphatic heterocycles. The highest BCUT2D eigenvalue weighted by Gasteiger charge is 2.14. The normalized spacial score (nSPS) is 12.4. The maximum Gasteiger partial charge on any atom is 0.123 e. The Hall–Kier alpha value is -1.19. The van der Waals surface area contributed by atoms with E-state index in [1.807, 2.05) is 25.1 Å². The number of halogens is 2. The molecule has 0 fully saturated rings. The lowest BCUT2D eigenvalue weighted by molar-refractivity contribution is 0.540. The van der Waals surface area contributed by atoms with Gasteiger partial charge in [-0.25, -0.2) is 4.39 Å². The fraction of sp³-hybridized carbons (Fsp3) is 0.294. The molecule has 2 aromatic carbocycles. The summed E-state index contributed by atoms with van der Waals surface area (Å²) in [5.41, 5.74) is 3.40. The number of nitrogens with one attached hydrogen (secondary N) is 1. The summed E-state index contributed by atoms with van der Waals surface area (Å²) in [5, 5.41) is 3.45. The van der Waals surface area contributed by atoms with Crippen LogP contribution in [-0.2, 0) is 6.42 Å². The summed E-state index contributed by atoms with van der Waals surface area (Å²) in [7, 11) is 0. The summed E-state index contributed by atoms with van der Waals surface area (Å²) >= 11 is 3.44. The first-order valence-electron chi connectivity index (χ1n) is 6.84. The van der Waals surface area contributed by atoms with Gasteiger partial charge in [0.25, 0.3) is 0 Å². The first-order chi connectivity index (χ1) is 9.60. The molecular formula is C17H19BrFN. The Morgan fingerprint density at radius 2 is 1.85 bits per heavy atom. The topological polar surface area (TPSA) is 12.0 Å². The molecule has 0 aromatic heterocycles. The second-order valence-electron chi connectivity index (χ2n) is 4.94. The van der Waals surface area contributed by atoms with Crippen LogP contribution in [0.15, 0.2) is 46.9 Å². The molecule has 0 radical (unpaired) electrons. The van der Waals surface area contributed by atoms with Gasteiger partial charge in [-0.05, 0) is 60.8 Å². The number of hydrogen-bond acceptors (Lipinski definition) is 1. The Morgan fingerprint density at radius 1 is 1.15 bits per heavy atom. The van der Waals surface area contributed by atoms with Crippen LogP contribution in [0.1, 0.15) is 29.7 Å². The fourth-order valence-corrected chi connectivity index (χ4v) is 2.65. The molecule has 3 heteroatoms. The molecule has 0 aliphatic rings. The smallest absolute Gasteiger partial charge is 0.123 e. The number of benzene rings is 2. The Morgan fingerprint density at radius 3 is 2.50 bits per heavy atom. The van der Waals surface area contributed by atoms with E-state index in [0.29, 0.717) is 0 Å². The summed E-state index contributed by atoms with van der Waals surface area (Å²) in [6.07, 6.45) is 0.853. The number of likely N-dealkylation sites (N-methyl/N-ethyl adjacent to an activating group) is 1. The largest absolute Gasteiger partial charge is 0.310 e. The third-order valence-corrected chi connectivity index (χ3v) is 3.95. The Bertz CT molecular complexity index is 566. The highest BCUT2D eigenvalue weighted by molar-refractivity contribution is 9.10. The van der Waals surface area contributed by atoms with Crippen molar-refractivity contribution < 1.29 is 4.39 Å². The molecule has 1 nitrogen and oxygen atoms in total. The average Bonchev–Trinajstić information content (AvgIpc) is 2.43. The van der Waals surface area contributed by atoms with Crippen LogP contribution in [0.4, 0.5) is 4.39 Å². The SMILES string of the molecule is CCNC(Cc1ccc(Br)cc1)c1cc(F)ccc1C. The van der Waals surface area contributed by atoms with Crippen LogP contribution in [0.5, 0.6) is 0 Å². The lowest BCUT2D eigenvalue weighted by atomic mass is 9.95. The summed E-state index contributed by atoms with van der Waals surface area (Å²) in [6.45, 7) is 4.96. The van der Waals surface area contributed by atoms with Gasteiger partial charge in [-0.15, -0.1) is 0 Å². The molecule has 2 aromatic rings. The van der Waals surface area contributed by atoms with E-state index in [0.717, 1.165) is 28.6 Å². The fourth-order valence-electron chi connectivity index (χ4n) is 2.38. The standard InChI is InChI=1S/C17H19BrFN/c1-3-20-17(10-13-5-7-14(18)8-6-13)16-11-15(19)9-4-12(16)2/h4-9,11,17,20H,3,10H2,1-2H3. The second-order valence-corrected chi connectivity index (χ2v) is 5.86. The van der Waals surface area contributed by atoms with E-state index in [1.165, 1.54) is 11.6 Å². The van der Waals surface area contributed by atoms with E-state index in [2.05, 4.69) is 40.3 Å². The van der Waals surface area contributed by atoms with Crippen molar-refractivity contribution in [1.82, 2.24) is 5.32 Å². The van der Waals surface area contributed by atoms with E-state index in [-0.39, 0.29) is 11.9 Å². The second kappa shape index (κ2) is 7.00. The minimum absolute atomic E-state index is 0.136. The molecule has 1 unspecified atom stereocenters. The van der Waals surface area contributed by atoms with Gasteiger partial charge in [-0.3, -0.25) is 0 Å². The molecule has 0 saturated heterocycles. The maximum absolute atomic E-state index is 13.5. The van der Waals surface area contributed by atoms with Crippen molar-refractivity contribution in [1.29, 1.82) is 0 Å². The molecule has 2 rings (SSSR count). The van der Waals surface area contributed by atoms with Gasteiger partial charge in [0.15, 0.2) is 0 Å². The van der Waals surface area contributed by atoms with Crippen LogP contribution in [0.2, 0.25) is 0 Å². The molecule has 1 atom stereocenters. The predicted octanol–water partition coefficient (Wildman–Crippen LogP) is 4.79. The van der Waals surface area contributed by atoms with Crippen molar-refractivity contribution >= 4 is 15.9 Å². The third-order valence-electron chi connectivity index (χ3n) is 3.42. The van der Waals surface area contributed by atoms with Crippen molar-refractivity contribution in [3.8, 4) is 0 Å². The molecule has 0 aliphatic carbocycles. The first-order valence-corrected chi connectivity index (χ1v) is 7.63. The maximum atomic E-state index is 13.5. The van der Waals surface area contributed by atoms with Crippen LogP contribution < -0.4 is 5.32 Å². The van der Waals surface area contributed by atoms with E-state index >= 15 is 0 Å². The zero-order valence-corrected chi connectivity index (χ0v) is 13.4. The average molecular weight is 336 g/mol. The van der Waals surface area contributed by atoms with E-state index in [1.54, 1.807) is 6.07 Å². The van der Waals surface area contributed by atoms with Gasteiger partial charge in [0.2, 0.25) is 0 Å². The molecule has 0 saturated carbocycles. The van der Waals surface area contributed by atoms with E-state index < -0.39 is 0 Å². The summed E-state index contributed by atoms with van der Waals surface area (Å²) < 4.78 is 14.6. The van der Waals surface area contributed by atoms with Crippen molar-refractivity contribution in [2.75, 3.05) is 6.54 Å². The van der Waals surface area contributed by atoms with Crippen molar-refractivity contribution in [2.45, 2.75) is 26.3 Å². The van der Waals surface area contributed by atoms with Crippen LogP contribution in [0, 0.1) is 12.7 Å². The molecule has 0 heterocycles. The highest BCUT2D eigenvalue weighted by Crippen LogP contribution is 2.23. The molecule has 0 amide bonds. The molecule has 1 N–H and O–H groups in total. The van der Waals surface area contributed by atoms with Gasteiger partial charge in [-0.1, -0.05) is 41.1 Å². The van der Waals surface area contributed by atoms with Gasteiger partial charge in [0.05, 0.1) is 0 Å². The van der Waals surface area contributed by atoms with Gasteiger partial charge < -0.3 is 5.32 Å². The van der Waals surface area contributed by atoms with Gasteiger partial charge in [-0.2, -0.15) is 0 Å². The van der Waals surface area contributed by atoms with Crippen LogP contribution >= 0.6 is 15.9 Å². The molecule has 0 bridgehead atoms. The van der Waals surface area contributed by atoms with Crippen LogP contribution in [0.25, 0.3) is 0 Å². The van der Waals surface area contributed by atoms with E-state index in [9.17, 15) is 4.39 Å². The third kappa shape index (κ3) is 3.90. The summed E-state index contributed by atoms with van der Waals surface area (Å²) in [4.78, 5) is 0. The van der Waals surface area contributed by atoms with Gasteiger partial charge in [0, 0.05) is 10.5 Å². The Labute approximate surface area is 128 Å². The highest BCUT2D eigenvalue weighted by atomic mass is 79.9. The molecule has 0 spiro atoms. The van der Waals surface area contributed by atoms with Crippen molar-refractivity contribution in [2.24, 2.45) is 0 Å². The summed E-state index contributed by atoms with van der Waals surface area (Å²) in [6, 6.07) is 13.4. The quantitative estimate of drug-likeness (QED) is 0.828. The van der Waals surface area contributed by atoms with Gasteiger partial charge >= 0.3 is 0 Å². The van der Waals surface area contributed by atoms with Crippen molar-refractivity contribution in [3.63, 3.8) is 0 Å². The zero-order valence-electron chi connectivity index (χ0n) is 11.8. The lowest BCUT2D eigenvalue weighted by Crippen LogP contribution is -2.23. The molecule has 106 valence electrons. The minimum atomic E-state index is -0.177. The first kappa shape index (κ1) is 15.2. The van der Waals surface area contributed by atoms with E-state index in [4.69, 9.17) is 0 Å². The number of aryl methyl sites for hydroxylation is 1. The van der Waals surface area contributed by atoms with Crippen LogP contribution in [-0.4, -0.2) is 6.54 Å². The Balaban J connectivity index is 2.26. The monoisotopic (exact) mass is 335 g/mol. The van der Waals surface area contributed by atoms with Crippen LogP contribution in [0.3, 0.4) is 0 Å². The zero-order chi connectivity index (χ0) is 14.5.